The molecule has 0 radical (unpaired) electrons. The highest BCUT2D eigenvalue weighted by atomic mass is 19.1. The van der Waals surface area contributed by atoms with Crippen molar-refractivity contribution in [2.24, 2.45) is 5.73 Å². The van der Waals surface area contributed by atoms with Gasteiger partial charge in [-0.25, -0.2) is 4.39 Å². The van der Waals surface area contributed by atoms with E-state index < -0.39 is 18.8 Å². The normalized spacial score (nSPS) is 14.8. The lowest BCUT2D eigenvalue weighted by Gasteiger charge is -2.23. The highest BCUT2D eigenvalue weighted by Gasteiger charge is 2.33. The molecule has 33 heavy (non-hydrogen) atoms. The maximum atomic E-state index is 14.3. The van der Waals surface area contributed by atoms with Gasteiger partial charge in [-0.05, 0) is 42.1 Å². The molecule has 1 aliphatic rings. The lowest BCUT2D eigenvalue weighted by Crippen LogP contribution is -2.30. The van der Waals surface area contributed by atoms with Crippen LogP contribution < -0.4 is 21.4 Å². The fraction of sp³-hybridized carbons (Fsp3) is 0.273. The number of benzene rings is 2. The summed E-state index contributed by atoms with van der Waals surface area (Å²) in [6.45, 7) is 4.21. The van der Waals surface area contributed by atoms with Crippen LogP contribution in [0.3, 0.4) is 0 Å². The maximum Gasteiger partial charge on any atom is 0.488 e. The van der Waals surface area contributed by atoms with Crippen LogP contribution in [-0.4, -0.2) is 44.1 Å². The number of hydrogen-bond acceptors (Lipinski definition) is 8. The average molecular weight is 450 g/mol. The van der Waals surface area contributed by atoms with E-state index in [9.17, 15) is 19.2 Å². The topological polar surface area (TPSA) is 137 Å². The van der Waals surface area contributed by atoms with Crippen molar-refractivity contribution < 1.29 is 19.2 Å². The number of amides is 1. The molecule has 4 rings (SSSR count). The summed E-state index contributed by atoms with van der Waals surface area (Å²) < 4.78 is 14.3. The van der Waals surface area contributed by atoms with Crippen molar-refractivity contribution in [1.29, 1.82) is 0 Å². The summed E-state index contributed by atoms with van der Waals surface area (Å²) in [4.78, 5) is 27.2. The van der Waals surface area contributed by atoms with E-state index in [4.69, 9.17) is 5.73 Å². The molecule has 0 bridgehead atoms. The number of hydrogen-bond donors (Lipinski definition) is 4. The molecule has 3 aromatic rings. The number of carbonyl (C=O) groups excluding carboxylic acids is 1. The summed E-state index contributed by atoms with van der Waals surface area (Å²) in [5.41, 5.74) is 8.01. The van der Waals surface area contributed by atoms with Crippen LogP contribution in [-0.2, 0) is 19.4 Å². The standard InChI is InChI=1S/C22H24BFN6O3/c1-3-19-27-21(26-11-13-5-4-6-14(8-13)23(32)33)29-22(28-19)30-12(2)7-16-17(20(25)31)9-15(24)10-18(16)30/h4-6,8-10,12,32-33H,3,7,11H2,1-2H3,(H2,25,31)(H,26,27,28,29). The lowest BCUT2D eigenvalue weighted by molar-refractivity contribution is 0.0999. The van der Waals surface area contributed by atoms with Gasteiger partial charge in [0.25, 0.3) is 0 Å². The van der Waals surface area contributed by atoms with Gasteiger partial charge in [-0.1, -0.05) is 31.2 Å². The molecule has 11 heteroatoms. The number of primary amides is 1. The van der Waals surface area contributed by atoms with Gasteiger partial charge < -0.3 is 26.0 Å². The molecule has 2 aromatic carbocycles. The molecule has 1 aliphatic heterocycles. The molecule has 0 aliphatic carbocycles. The molecule has 0 fully saturated rings. The van der Waals surface area contributed by atoms with Crippen molar-refractivity contribution in [3.63, 3.8) is 0 Å². The van der Waals surface area contributed by atoms with E-state index in [1.54, 1.807) is 23.1 Å². The molecule has 9 nitrogen and oxygen atoms in total. The van der Waals surface area contributed by atoms with E-state index in [2.05, 4.69) is 20.3 Å². The fourth-order valence-corrected chi connectivity index (χ4v) is 4.00. The van der Waals surface area contributed by atoms with Gasteiger partial charge in [0.2, 0.25) is 17.8 Å². The second-order valence-corrected chi connectivity index (χ2v) is 7.94. The molecular weight excluding hydrogens is 426 g/mol. The largest absolute Gasteiger partial charge is 0.488 e. The lowest BCUT2D eigenvalue weighted by atomic mass is 9.80. The summed E-state index contributed by atoms with van der Waals surface area (Å²) >= 11 is 0. The minimum atomic E-state index is -1.55. The summed E-state index contributed by atoms with van der Waals surface area (Å²) in [7, 11) is -1.55. The first-order chi connectivity index (χ1) is 15.8. The predicted molar refractivity (Wildman–Crippen MR) is 123 cm³/mol. The maximum absolute atomic E-state index is 14.3. The summed E-state index contributed by atoms with van der Waals surface area (Å²) in [6.07, 6.45) is 1.06. The van der Waals surface area contributed by atoms with Crippen LogP contribution in [0.2, 0.25) is 0 Å². The van der Waals surface area contributed by atoms with Gasteiger partial charge in [-0.3, -0.25) is 4.79 Å². The zero-order valence-corrected chi connectivity index (χ0v) is 18.3. The van der Waals surface area contributed by atoms with Crippen LogP contribution in [0.15, 0.2) is 36.4 Å². The van der Waals surface area contributed by atoms with E-state index in [1.165, 1.54) is 6.07 Å². The van der Waals surface area contributed by atoms with Gasteiger partial charge in [-0.15, -0.1) is 0 Å². The summed E-state index contributed by atoms with van der Waals surface area (Å²) in [5.74, 6) is -0.0117. The number of carbonyl (C=O) groups is 1. The number of nitrogens with two attached hydrogens (primary N) is 1. The van der Waals surface area contributed by atoms with E-state index in [0.29, 0.717) is 53.8 Å². The van der Waals surface area contributed by atoms with E-state index in [-0.39, 0.29) is 11.6 Å². The first kappa shape index (κ1) is 22.6. The van der Waals surface area contributed by atoms with Crippen LogP contribution in [0.5, 0.6) is 0 Å². The monoisotopic (exact) mass is 450 g/mol. The van der Waals surface area contributed by atoms with Crippen LogP contribution >= 0.6 is 0 Å². The van der Waals surface area contributed by atoms with E-state index >= 15 is 0 Å². The van der Waals surface area contributed by atoms with Gasteiger partial charge in [0, 0.05) is 24.6 Å². The second kappa shape index (κ2) is 9.12. The molecule has 5 N–H and O–H groups in total. The van der Waals surface area contributed by atoms with Crippen molar-refractivity contribution in [2.75, 3.05) is 10.2 Å². The first-order valence-corrected chi connectivity index (χ1v) is 10.6. The molecule has 0 saturated heterocycles. The number of nitrogens with one attached hydrogen (secondary N) is 1. The highest BCUT2D eigenvalue weighted by Crippen LogP contribution is 2.39. The van der Waals surface area contributed by atoms with Crippen molar-refractivity contribution in [3.05, 3.63) is 64.7 Å². The van der Waals surface area contributed by atoms with Crippen LogP contribution in [0.25, 0.3) is 0 Å². The second-order valence-electron chi connectivity index (χ2n) is 7.94. The summed E-state index contributed by atoms with van der Waals surface area (Å²) in [6, 6.07) is 9.27. The number of anilines is 3. The minimum Gasteiger partial charge on any atom is -0.423 e. The van der Waals surface area contributed by atoms with Crippen LogP contribution in [0, 0.1) is 5.82 Å². The van der Waals surface area contributed by atoms with Crippen molar-refractivity contribution in [1.82, 2.24) is 15.0 Å². The Hall–Kier alpha value is -3.57. The molecular formula is C22H24BFN6O3. The molecule has 0 saturated carbocycles. The van der Waals surface area contributed by atoms with E-state index in [0.717, 1.165) is 11.6 Å². The SMILES string of the molecule is CCc1nc(NCc2cccc(B(O)O)c2)nc(N2c3cc(F)cc(C(N)=O)c3CC2C)n1. The molecule has 1 amide bonds. The number of aryl methyl sites for hydroxylation is 1. The van der Waals surface area contributed by atoms with Crippen LogP contribution in [0.4, 0.5) is 22.0 Å². The molecule has 1 atom stereocenters. The average Bonchev–Trinajstić information content (AvgIpc) is 3.12. The Kier molecular flexibility index (Phi) is 6.25. The molecule has 0 spiro atoms. The third-order valence-corrected chi connectivity index (χ3v) is 5.56. The molecule has 2 heterocycles. The third kappa shape index (κ3) is 4.64. The van der Waals surface area contributed by atoms with Crippen molar-refractivity contribution in [3.8, 4) is 0 Å². The predicted octanol–water partition coefficient (Wildman–Crippen LogP) is 1.05. The molecule has 1 aromatic heterocycles. The molecule has 170 valence electrons. The quantitative estimate of drug-likeness (QED) is 0.392. The smallest absolute Gasteiger partial charge is 0.423 e. The summed E-state index contributed by atoms with van der Waals surface area (Å²) in [5, 5.41) is 21.9. The highest BCUT2D eigenvalue weighted by molar-refractivity contribution is 6.58. The third-order valence-electron chi connectivity index (χ3n) is 5.56. The zero-order chi connectivity index (χ0) is 23.7. The number of rotatable bonds is 7. The number of fused-ring (bicyclic) bond motifs is 1. The number of halogens is 1. The number of aromatic nitrogens is 3. The Bertz CT molecular complexity index is 1210. The van der Waals surface area contributed by atoms with Crippen LogP contribution in [0.1, 0.15) is 41.2 Å². The number of nitrogens with zero attached hydrogens (tertiary/aromatic N) is 4. The zero-order valence-electron chi connectivity index (χ0n) is 18.3. The minimum absolute atomic E-state index is 0.123. The van der Waals surface area contributed by atoms with Gasteiger partial charge in [0.1, 0.15) is 11.6 Å². The Balaban J connectivity index is 1.67. The first-order valence-electron chi connectivity index (χ1n) is 10.6. The van der Waals surface area contributed by atoms with Gasteiger partial charge >= 0.3 is 7.12 Å². The Morgan fingerprint density at radius 2 is 2.06 bits per heavy atom. The van der Waals surface area contributed by atoms with Crippen molar-refractivity contribution in [2.45, 2.75) is 39.3 Å². The van der Waals surface area contributed by atoms with E-state index in [1.807, 2.05) is 19.9 Å². The fourth-order valence-electron chi connectivity index (χ4n) is 4.00. The van der Waals surface area contributed by atoms with Gasteiger partial charge in [0.05, 0.1) is 5.69 Å². The van der Waals surface area contributed by atoms with Crippen molar-refractivity contribution >= 4 is 36.1 Å². The van der Waals surface area contributed by atoms with Gasteiger partial charge in [-0.2, -0.15) is 15.0 Å². The Morgan fingerprint density at radius 3 is 2.76 bits per heavy atom. The van der Waals surface area contributed by atoms with Gasteiger partial charge in [0.15, 0.2) is 0 Å². The Labute approximate surface area is 190 Å². The molecule has 1 unspecified atom stereocenters. The Morgan fingerprint density at radius 1 is 1.27 bits per heavy atom.